The molecule has 0 fully saturated rings. The largest absolute Gasteiger partial charge is 0.321 e. The molecule has 1 N–H and O–H groups in total. The van der Waals surface area contributed by atoms with Crippen molar-refractivity contribution in [3.05, 3.63) is 64.9 Å². The summed E-state index contributed by atoms with van der Waals surface area (Å²) < 4.78 is 0.740. The summed E-state index contributed by atoms with van der Waals surface area (Å²) in [4.78, 5) is 16.1. The monoisotopic (exact) mass is 330 g/mol. The summed E-state index contributed by atoms with van der Waals surface area (Å²) in [5.41, 5.74) is 2.75. The number of anilines is 1. The molecule has 1 aromatic carbocycles. The Balaban J connectivity index is 2.12. The highest BCUT2D eigenvalue weighted by Gasteiger charge is 2.04. The van der Waals surface area contributed by atoms with Crippen molar-refractivity contribution in [2.24, 2.45) is 0 Å². The fourth-order valence-corrected chi connectivity index (χ4v) is 2.06. The van der Waals surface area contributed by atoms with Crippen LogP contribution < -0.4 is 5.32 Å². The number of nitrogens with zero attached hydrogens (tertiary/aromatic N) is 1. The fourth-order valence-electron chi connectivity index (χ4n) is 1.83. The van der Waals surface area contributed by atoms with Crippen molar-refractivity contribution in [1.29, 1.82) is 0 Å². The van der Waals surface area contributed by atoms with Gasteiger partial charge in [-0.05, 0) is 45.6 Å². The zero-order chi connectivity index (χ0) is 14.4. The first-order valence-electron chi connectivity index (χ1n) is 6.37. The molecular weight excluding hydrogens is 316 g/mol. The van der Waals surface area contributed by atoms with Crippen molar-refractivity contribution in [3.8, 4) is 0 Å². The standard InChI is InChI=1S/C16H15BrN2O/c1-2-12(13-6-4-3-5-7-13)10-16(20)19-14-8-9-15(17)18-11-14/h3-11H,2H2,1H3,(H,19,20)/b12-10+. The van der Waals surface area contributed by atoms with E-state index in [0.29, 0.717) is 5.69 Å². The van der Waals surface area contributed by atoms with Gasteiger partial charge in [0.25, 0.3) is 0 Å². The summed E-state index contributed by atoms with van der Waals surface area (Å²) in [7, 11) is 0. The molecule has 0 atom stereocenters. The van der Waals surface area contributed by atoms with Crippen LogP contribution in [0.25, 0.3) is 5.57 Å². The van der Waals surface area contributed by atoms with Gasteiger partial charge in [0, 0.05) is 6.08 Å². The molecule has 1 amide bonds. The summed E-state index contributed by atoms with van der Waals surface area (Å²) in [5, 5.41) is 2.81. The van der Waals surface area contributed by atoms with E-state index < -0.39 is 0 Å². The molecule has 2 rings (SSSR count). The van der Waals surface area contributed by atoms with E-state index in [1.165, 1.54) is 0 Å². The Morgan fingerprint density at radius 1 is 1.25 bits per heavy atom. The van der Waals surface area contributed by atoms with Crippen LogP contribution in [0.2, 0.25) is 0 Å². The maximum atomic E-state index is 12.0. The molecule has 20 heavy (non-hydrogen) atoms. The average molecular weight is 331 g/mol. The number of hydrogen-bond donors (Lipinski definition) is 1. The molecule has 2 aromatic rings. The first-order valence-corrected chi connectivity index (χ1v) is 7.17. The Morgan fingerprint density at radius 2 is 2.00 bits per heavy atom. The van der Waals surface area contributed by atoms with Crippen molar-refractivity contribution in [2.45, 2.75) is 13.3 Å². The average Bonchev–Trinajstić information content (AvgIpc) is 2.48. The molecule has 0 aliphatic rings. The smallest absolute Gasteiger partial charge is 0.248 e. The van der Waals surface area contributed by atoms with Crippen molar-refractivity contribution < 1.29 is 4.79 Å². The molecule has 0 aliphatic heterocycles. The molecule has 0 aliphatic carbocycles. The van der Waals surface area contributed by atoms with Gasteiger partial charge >= 0.3 is 0 Å². The highest BCUT2D eigenvalue weighted by molar-refractivity contribution is 9.10. The molecular formula is C16H15BrN2O. The minimum atomic E-state index is -0.144. The van der Waals surface area contributed by atoms with Gasteiger partial charge in [-0.25, -0.2) is 4.98 Å². The predicted molar refractivity (Wildman–Crippen MR) is 85.3 cm³/mol. The summed E-state index contributed by atoms with van der Waals surface area (Å²) in [6.45, 7) is 2.04. The number of benzene rings is 1. The lowest BCUT2D eigenvalue weighted by Gasteiger charge is -2.06. The number of hydrogen-bond acceptors (Lipinski definition) is 2. The summed E-state index contributed by atoms with van der Waals surface area (Å²) >= 11 is 3.26. The first kappa shape index (κ1) is 14.5. The van der Waals surface area contributed by atoms with Crippen LogP contribution in [0.15, 0.2) is 59.3 Å². The van der Waals surface area contributed by atoms with E-state index in [1.54, 1.807) is 24.4 Å². The second-order valence-electron chi connectivity index (χ2n) is 4.25. The fraction of sp³-hybridized carbons (Fsp3) is 0.125. The number of allylic oxidation sites excluding steroid dienone is 1. The van der Waals surface area contributed by atoms with Crippen LogP contribution in [0.5, 0.6) is 0 Å². The Bertz CT molecular complexity index is 606. The van der Waals surface area contributed by atoms with Crippen LogP contribution in [0, 0.1) is 0 Å². The van der Waals surface area contributed by atoms with Crippen molar-refractivity contribution in [2.75, 3.05) is 5.32 Å². The number of aromatic nitrogens is 1. The third kappa shape index (κ3) is 4.03. The van der Waals surface area contributed by atoms with Gasteiger partial charge in [-0.15, -0.1) is 0 Å². The maximum absolute atomic E-state index is 12.0. The van der Waals surface area contributed by atoms with E-state index in [9.17, 15) is 4.79 Å². The summed E-state index contributed by atoms with van der Waals surface area (Å²) in [6.07, 6.45) is 4.05. The van der Waals surface area contributed by atoms with Gasteiger partial charge in [0.15, 0.2) is 0 Å². The van der Waals surface area contributed by atoms with E-state index in [4.69, 9.17) is 0 Å². The maximum Gasteiger partial charge on any atom is 0.248 e. The molecule has 0 bridgehead atoms. The second kappa shape index (κ2) is 7.01. The van der Waals surface area contributed by atoms with Gasteiger partial charge in [-0.3, -0.25) is 4.79 Å². The normalized spacial score (nSPS) is 11.2. The molecule has 0 unspecified atom stereocenters. The van der Waals surface area contributed by atoms with Gasteiger partial charge in [0.1, 0.15) is 4.60 Å². The molecule has 0 saturated heterocycles. The van der Waals surface area contributed by atoms with Crippen LogP contribution in [0.3, 0.4) is 0 Å². The topological polar surface area (TPSA) is 42.0 Å². The van der Waals surface area contributed by atoms with E-state index in [0.717, 1.165) is 22.2 Å². The molecule has 1 heterocycles. The van der Waals surface area contributed by atoms with Gasteiger partial charge in [-0.2, -0.15) is 0 Å². The third-order valence-electron chi connectivity index (χ3n) is 2.83. The number of pyridine rings is 1. The number of halogens is 1. The third-order valence-corrected chi connectivity index (χ3v) is 3.29. The molecule has 1 aromatic heterocycles. The van der Waals surface area contributed by atoms with Crippen molar-refractivity contribution in [3.63, 3.8) is 0 Å². The van der Waals surface area contributed by atoms with Crippen molar-refractivity contribution >= 4 is 33.1 Å². The molecule has 0 spiro atoms. The first-order chi connectivity index (χ1) is 9.69. The highest BCUT2D eigenvalue weighted by Crippen LogP contribution is 2.18. The Morgan fingerprint density at radius 3 is 2.60 bits per heavy atom. The minimum Gasteiger partial charge on any atom is -0.321 e. The number of nitrogens with one attached hydrogen (secondary N) is 1. The lowest BCUT2D eigenvalue weighted by Crippen LogP contribution is -2.09. The second-order valence-corrected chi connectivity index (χ2v) is 5.06. The van der Waals surface area contributed by atoms with Crippen LogP contribution in [0.1, 0.15) is 18.9 Å². The molecule has 102 valence electrons. The van der Waals surface area contributed by atoms with E-state index in [1.807, 2.05) is 37.3 Å². The van der Waals surface area contributed by atoms with Crippen LogP contribution >= 0.6 is 15.9 Å². The summed E-state index contributed by atoms with van der Waals surface area (Å²) in [6, 6.07) is 13.5. The summed E-state index contributed by atoms with van der Waals surface area (Å²) in [5.74, 6) is -0.144. The number of rotatable bonds is 4. The number of amides is 1. The molecule has 0 radical (unpaired) electrons. The zero-order valence-corrected chi connectivity index (χ0v) is 12.7. The van der Waals surface area contributed by atoms with Crippen LogP contribution in [-0.2, 0) is 4.79 Å². The van der Waals surface area contributed by atoms with Crippen molar-refractivity contribution in [1.82, 2.24) is 4.98 Å². The van der Waals surface area contributed by atoms with Gasteiger partial charge in [0.05, 0.1) is 11.9 Å². The minimum absolute atomic E-state index is 0.144. The van der Waals surface area contributed by atoms with Gasteiger partial charge in [-0.1, -0.05) is 37.3 Å². The number of carbonyl (C=O) groups is 1. The highest BCUT2D eigenvalue weighted by atomic mass is 79.9. The van der Waals surface area contributed by atoms with Gasteiger partial charge in [0.2, 0.25) is 5.91 Å². The van der Waals surface area contributed by atoms with E-state index >= 15 is 0 Å². The SMILES string of the molecule is CC/C(=C\C(=O)Nc1ccc(Br)nc1)c1ccccc1. The van der Waals surface area contributed by atoms with Crippen LogP contribution in [0.4, 0.5) is 5.69 Å². The molecule has 0 saturated carbocycles. The Hall–Kier alpha value is -1.94. The quantitative estimate of drug-likeness (QED) is 0.671. The lowest BCUT2D eigenvalue weighted by molar-refractivity contribution is -0.111. The molecule has 4 heteroatoms. The van der Waals surface area contributed by atoms with E-state index in [-0.39, 0.29) is 5.91 Å². The van der Waals surface area contributed by atoms with E-state index in [2.05, 4.69) is 26.2 Å². The number of carbonyl (C=O) groups excluding carboxylic acids is 1. The Labute approximate surface area is 126 Å². The van der Waals surface area contributed by atoms with Gasteiger partial charge < -0.3 is 5.32 Å². The lowest BCUT2D eigenvalue weighted by atomic mass is 10.0. The molecule has 3 nitrogen and oxygen atoms in total. The van der Waals surface area contributed by atoms with Crippen LogP contribution in [-0.4, -0.2) is 10.9 Å². The Kier molecular flexibility index (Phi) is 5.07. The predicted octanol–water partition coefficient (Wildman–Crippen LogP) is 4.28. The zero-order valence-electron chi connectivity index (χ0n) is 11.1.